The second kappa shape index (κ2) is 8.87. The summed E-state index contributed by atoms with van der Waals surface area (Å²) in [7, 11) is 0. The number of rotatable bonds is 4. The molecule has 1 rings (SSSR count). The summed E-state index contributed by atoms with van der Waals surface area (Å²) in [4.78, 5) is 9.46. The smallest absolute Gasteiger partial charge is 0.122 e. The molecule has 0 aliphatic heterocycles. The number of carbonyl (C=O) groups is 1. The van der Waals surface area contributed by atoms with Gasteiger partial charge in [0.25, 0.3) is 0 Å². The highest BCUT2D eigenvalue weighted by Crippen LogP contribution is 2.13. The highest BCUT2D eigenvalue weighted by molar-refractivity contribution is 5.49. The standard InChI is InChI=1S/C9H13NO.C4H8O2/c1-7(10)9(11)8-5-3-2-4-6-8;1-4(6)2-3-5/h2-7,9,11H,10H2,1H3;3-4,6H,2H2,1H3/t7-,9-;/m1./s1. The number of aliphatic hydroxyl groups is 2. The molecular formula is C13H21NO3. The molecule has 3 atom stereocenters. The van der Waals surface area contributed by atoms with E-state index in [1.165, 1.54) is 0 Å². The van der Waals surface area contributed by atoms with Crippen LogP contribution in [0.5, 0.6) is 0 Å². The summed E-state index contributed by atoms with van der Waals surface area (Å²) in [5, 5.41) is 17.8. The zero-order valence-electron chi connectivity index (χ0n) is 10.3. The summed E-state index contributed by atoms with van der Waals surface area (Å²) in [6.07, 6.45) is -0.0660. The predicted molar refractivity (Wildman–Crippen MR) is 67.4 cm³/mol. The number of aliphatic hydroxyl groups excluding tert-OH is 2. The van der Waals surface area contributed by atoms with Crippen LogP contribution >= 0.6 is 0 Å². The second-order valence-electron chi connectivity index (χ2n) is 3.97. The number of nitrogens with two attached hydrogens (primary N) is 1. The summed E-state index contributed by atoms with van der Waals surface area (Å²) < 4.78 is 0. The summed E-state index contributed by atoms with van der Waals surface area (Å²) >= 11 is 0. The Morgan fingerprint density at radius 1 is 1.24 bits per heavy atom. The zero-order valence-corrected chi connectivity index (χ0v) is 10.3. The van der Waals surface area contributed by atoms with Crippen molar-refractivity contribution in [1.29, 1.82) is 0 Å². The van der Waals surface area contributed by atoms with Gasteiger partial charge in [-0.1, -0.05) is 30.3 Å². The Morgan fingerprint density at radius 3 is 2.06 bits per heavy atom. The first-order valence-corrected chi connectivity index (χ1v) is 5.59. The van der Waals surface area contributed by atoms with Crippen molar-refractivity contribution in [3.63, 3.8) is 0 Å². The van der Waals surface area contributed by atoms with E-state index in [0.717, 1.165) is 5.56 Å². The number of hydrogen-bond donors (Lipinski definition) is 3. The molecule has 0 aliphatic carbocycles. The third-order valence-corrected chi connectivity index (χ3v) is 2.08. The van der Waals surface area contributed by atoms with E-state index in [4.69, 9.17) is 10.8 Å². The molecule has 0 saturated heterocycles. The molecule has 0 saturated carbocycles. The molecule has 1 aromatic rings. The minimum absolute atomic E-state index is 0.211. The Labute approximate surface area is 102 Å². The quantitative estimate of drug-likeness (QED) is 0.685. The van der Waals surface area contributed by atoms with Crippen molar-refractivity contribution < 1.29 is 15.0 Å². The van der Waals surface area contributed by atoms with Crippen molar-refractivity contribution in [2.24, 2.45) is 5.73 Å². The highest BCUT2D eigenvalue weighted by Gasteiger charge is 2.10. The maximum Gasteiger partial charge on any atom is 0.122 e. The van der Waals surface area contributed by atoms with Crippen LogP contribution in [0.3, 0.4) is 0 Å². The van der Waals surface area contributed by atoms with E-state index in [0.29, 0.717) is 6.29 Å². The van der Waals surface area contributed by atoms with Crippen molar-refractivity contribution in [3.8, 4) is 0 Å². The first-order chi connectivity index (χ1) is 7.99. The van der Waals surface area contributed by atoms with Gasteiger partial charge in [-0.3, -0.25) is 0 Å². The van der Waals surface area contributed by atoms with Crippen LogP contribution in [0.2, 0.25) is 0 Å². The fourth-order valence-corrected chi connectivity index (χ4v) is 1.09. The van der Waals surface area contributed by atoms with E-state index >= 15 is 0 Å². The van der Waals surface area contributed by atoms with Crippen LogP contribution < -0.4 is 5.73 Å². The van der Waals surface area contributed by atoms with Gasteiger partial charge in [-0.15, -0.1) is 0 Å². The fraction of sp³-hybridized carbons (Fsp3) is 0.462. The lowest BCUT2D eigenvalue weighted by molar-refractivity contribution is -0.109. The molecule has 0 amide bonds. The van der Waals surface area contributed by atoms with Crippen molar-refractivity contribution in [2.45, 2.75) is 38.5 Å². The van der Waals surface area contributed by atoms with Crippen molar-refractivity contribution in [2.75, 3.05) is 0 Å². The molecule has 0 aliphatic rings. The van der Waals surface area contributed by atoms with Crippen LogP contribution in [0, 0.1) is 0 Å². The van der Waals surface area contributed by atoms with Gasteiger partial charge in [0.2, 0.25) is 0 Å². The van der Waals surface area contributed by atoms with Gasteiger partial charge in [-0.05, 0) is 19.4 Å². The lowest BCUT2D eigenvalue weighted by atomic mass is 10.0. The number of carbonyl (C=O) groups excluding carboxylic acids is 1. The number of hydrogen-bond acceptors (Lipinski definition) is 4. The number of benzene rings is 1. The van der Waals surface area contributed by atoms with E-state index in [1.807, 2.05) is 30.3 Å². The lowest BCUT2D eigenvalue weighted by Gasteiger charge is -2.13. The van der Waals surface area contributed by atoms with E-state index in [-0.39, 0.29) is 12.5 Å². The molecule has 4 nitrogen and oxygen atoms in total. The van der Waals surface area contributed by atoms with Crippen LogP contribution in [0.15, 0.2) is 30.3 Å². The summed E-state index contributed by atoms with van der Waals surface area (Å²) in [5.74, 6) is 0. The monoisotopic (exact) mass is 239 g/mol. The van der Waals surface area contributed by atoms with E-state index in [1.54, 1.807) is 13.8 Å². The third-order valence-electron chi connectivity index (χ3n) is 2.08. The minimum atomic E-state index is -0.545. The molecule has 4 N–H and O–H groups in total. The van der Waals surface area contributed by atoms with Gasteiger partial charge in [-0.25, -0.2) is 0 Å². The van der Waals surface area contributed by atoms with E-state index in [2.05, 4.69) is 0 Å². The Morgan fingerprint density at radius 2 is 1.76 bits per heavy atom. The van der Waals surface area contributed by atoms with Crippen LogP contribution in [0.25, 0.3) is 0 Å². The first kappa shape index (κ1) is 15.8. The molecule has 1 aromatic carbocycles. The molecule has 0 radical (unpaired) electrons. The van der Waals surface area contributed by atoms with Gasteiger partial charge in [0.1, 0.15) is 6.29 Å². The molecule has 0 heterocycles. The summed E-state index contributed by atoms with van der Waals surface area (Å²) in [5.41, 5.74) is 6.40. The van der Waals surface area contributed by atoms with Crippen LogP contribution in [0.4, 0.5) is 0 Å². The molecule has 1 unspecified atom stereocenters. The maximum atomic E-state index is 9.47. The van der Waals surface area contributed by atoms with Crippen LogP contribution in [-0.4, -0.2) is 28.6 Å². The molecule has 0 spiro atoms. The highest BCUT2D eigenvalue weighted by atomic mass is 16.3. The summed E-state index contributed by atoms with van der Waals surface area (Å²) in [6, 6.07) is 9.22. The normalized spacial score (nSPS) is 15.1. The molecule has 4 heteroatoms. The fourth-order valence-electron chi connectivity index (χ4n) is 1.09. The molecule has 0 fully saturated rings. The second-order valence-corrected chi connectivity index (χ2v) is 3.97. The van der Waals surface area contributed by atoms with Gasteiger partial charge in [0.05, 0.1) is 12.2 Å². The number of aldehydes is 1. The molecule has 0 bridgehead atoms. The Balaban J connectivity index is 0.000000366. The third kappa shape index (κ3) is 7.63. The first-order valence-electron chi connectivity index (χ1n) is 5.59. The largest absolute Gasteiger partial charge is 0.393 e. The lowest BCUT2D eigenvalue weighted by Crippen LogP contribution is -2.24. The Bertz CT molecular complexity index is 299. The molecule has 96 valence electrons. The van der Waals surface area contributed by atoms with Gasteiger partial charge in [-0.2, -0.15) is 0 Å². The summed E-state index contributed by atoms with van der Waals surface area (Å²) in [6.45, 7) is 3.37. The maximum absolute atomic E-state index is 9.47. The average Bonchev–Trinajstić information content (AvgIpc) is 2.29. The SMILES string of the molecule is CC(O)CC=O.C[C@@H](N)[C@@H](O)c1ccccc1. The predicted octanol–water partition coefficient (Wildman–Crippen LogP) is 1.02. The van der Waals surface area contributed by atoms with Crippen LogP contribution in [0.1, 0.15) is 31.9 Å². The average molecular weight is 239 g/mol. The zero-order chi connectivity index (χ0) is 13.3. The van der Waals surface area contributed by atoms with Crippen molar-refractivity contribution >= 4 is 6.29 Å². The molecule has 17 heavy (non-hydrogen) atoms. The van der Waals surface area contributed by atoms with Gasteiger partial charge >= 0.3 is 0 Å². The van der Waals surface area contributed by atoms with Crippen molar-refractivity contribution in [1.82, 2.24) is 0 Å². The van der Waals surface area contributed by atoms with Gasteiger partial charge < -0.3 is 20.7 Å². The Kier molecular flexibility index (Phi) is 8.23. The van der Waals surface area contributed by atoms with Gasteiger partial charge in [0, 0.05) is 12.5 Å². The van der Waals surface area contributed by atoms with E-state index < -0.39 is 12.2 Å². The van der Waals surface area contributed by atoms with Crippen LogP contribution in [-0.2, 0) is 4.79 Å². The van der Waals surface area contributed by atoms with Crippen molar-refractivity contribution in [3.05, 3.63) is 35.9 Å². The van der Waals surface area contributed by atoms with Gasteiger partial charge in [0.15, 0.2) is 0 Å². The topological polar surface area (TPSA) is 83.5 Å². The Hall–Kier alpha value is -1.23. The van der Waals surface area contributed by atoms with E-state index in [9.17, 15) is 9.90 Å². The molecule has 0 aromatic heterocycles. The molecular weight excluding hydrogens is 218 g/mol. The minimum Gasteiger partial charge on any atom is -0.393 e.